The van der Waals surface area contributed by atoms with E-state index in [1.54, 1.807) is 6.20 Å². The van der Waals surface area contributed by atoms with Gasteiger partial charge in [0.05, 0.1) is 5.52 Å². The summed E-state index contributed by atoms with van der Waals surface area (Å²) in [6.45, 7) is 4.28. The molecule has 102 valence electrons. The minimum atomic E-state index is -0.145. The van der Waals surface area contributed by atoms with E-state index in [-0.39, 0.29) is 11.6 Å². The number of nitrogens with zero attached hydrogens (tertiary/aromatic N) is 2. The number of pyridine rings is 1. The highest BCUT2D eigenvalue weighted by molar-refractivity contribution is 6.31. The van der Waals surface area contributed by atoms with Crippen LogP contribution in [-0.2, 0) is 0 Å². The molecule has 1 unspecified atom stereocenters. The number of benzene rings is 1. The average Bonchev–Trinajstić information content (AvgIpc) is 2.36. The highest BCUT2D eigenvalue weighted by Crippen LogP contribution is 2.32. The number of fused-ring (bicyclic) bond motifs is 1. The molecule has 0 saturated heterocycles. The van der Waals surface area contributed by atoms with Crippen LogP contribution in [0.5, 0.6) is 0 Å². The Hall–Kier alpha value is -1.16. The van der Waals surface area contributed by atoms with Gasteiger partial charge in [-0.2, -0.15) is 0 Å². The fourth-order valence-electron chi connectivity index (χ4n) is 2.07. The number of halogens is 1. The minimum absolute atomic E-state index is 0.103. The Morgan fingerprint density at radius 2 is 1.95 bits per heavy atom. The molecule has 1 aromatic carbocycles. The SMILES string of the molecule is CN(C)C(C)(C)C(N)c1ccnc2cc(Cl)ccc12. The molecule has 2 N–H and O–H groups in total. The van der Waals surface area contributed by atoms with Crippen LogP contribution >= 0.6 is 11.6 Å². The Balaban J connectivity index is 2.57. The van der Waals surface area contributed by atoms with Crippen molar-refractivity contribution in [1.82, 2.24) is 9.88 Å². The van der Waals surface area contributed by atoms with Crippen LogP contribution < -0.4 is 5.73 Å². The maximum atomic E-state index is 6.48. The normalized spacial score (nSPS) is 14.1. The summed E-state index contributed by atoms with van der Waals surface area (Å²) in [4.78, 5) is 6.50. The van der Waals surface area contributed by atoms with Crippen LogP contribution in [0.2, 0.25) is 5.02 Å². The quantitative estimate of drug-likeness (QED) is 0.937. The van der Waals surface area contributed by atoms with Crippen molar-refractivity contribution in [3.63, 3.8) is 0 Å². The van der Waals surface area contributed by atoms with Gasteiger partial charge in [-0.05, 0) is 51.7 Å². The Labute approximate surface area is 119 Å². The van der Waals surface area contributed by atoms with Gasteiger partial charge in [-0.3, -0.25) is 4.98 Å². The van der Waals surface area contributed by atoms with Crippen molar-refractivity contribution >= 4 is 22.5 Å². The van der Waals surface area contributed by atoms with Gasteiger partial charge in [-0.1, -0.05) is 17.7 Å². The van der Waals surface area contributed by atoms with Crippen LogP contribution in [0.3, 0.4) is 0 Å². The monoisotopic (exact) mass is 277 g/mol. The van der Waals surface area contributed by atoms with Crippen molar-refractivity contribution in [2.24, 2.45) is 5.73 Å². The first-order valence-corrected chi connectivity index (χ1v) is 6.69. The lowest BCUT2D eigenvalue weighted by atomic mass is 9.87. The van der Waals surface area contributed by atoms with Gasteiger partial charge in [0, 0.05) is 28.2 Å². The highest BCUT2D eigenvalue weighted by Gasteiger charge is 2.30. The Bertz CT molecular complexity index is 593. The fourth-order valence-corrected chi connectivity index (χ4v) is 2.24. The molecule has 1 heterocycles. The van der Waals surface area contributed by atoms with Gasteiger partial charge in [0.25, 0.3) is 0 Å². The molecule has 4 heteroatoms. The standard InChI is InChI=1S/C15H20ClN3/c1-15(2,19(3)4)14(17)12-7-8-18-13-9-10(16)5-6-11(12)13/h5-9,14H,17H2,1-4H3. The molecule has 19 heavy (non-hydrogen) atoms. The zero-order chi connectivity index (χ0) is 14.2. The number of likely N-dealkylation sites (N-methyl/N-ethyl adjacent to an activating group) is 1. The van der Waals surface area contributed by atoms with Crippen molar-refractivity contribution in [1.29, 1.82) is 0 Å². The molecule has 1 atom stereocenters. The molecule has 2 rings (SSSR count). The first-order chi connectivity index (χ1) is 8.84. The van der Waals surface area contributed by atoms with E-state index in [0.717, 1.165) is 16.5 Å². The molecule has 0 amide bonds. The summed E-state index contributed by atoms with van der Waals surface area (Å²) in [5.41, 5.74) is 8.31. The molecule has 2 aromatic rings. The van der Waals surface area contributed by atoms with Crippen molar-refractivity contribution in [2.75, 3.05) is 14.1 Å². The number of hydrogen-bond acceptors (Lipinski definition) is 3. The zero-order valence-corrected chi connectivity index (χ0v) is 12.6. The molecule has 3 nitrogen and oxygen atoms in total. The maximum absolute atomic E-state index is 6.48. The van der Waals surface area contributed by atoms with E-state index in [1.165, 1.54) is 0 Å². The Morgan fingerprint density at radius 1 is 1.26 bits per heavy atom. The number of rotatable bonds is 3. The van der Waals surface area contributed by atoms with Crippen LogP contribution in [-0.4, -0.2) is 29.5 Å². The van der Waals surface area contributed by atoms with Crippen LogP contribution in [0.25, 0.3) is 10.9 Å². The topological polar surface area (TPSA) is 42.1 Å². The smallest absolute Gasteiger partial charge is 0.0720 e. The van der Waals surface area contributed by atoms with Gasteiger partial charge in [-0.25, -0.2) is 0 Å². The number of nitrogens with two attached hydrogens (primary N) is 1. The summed E-state index contributed by atoms with van der Waals surface area (Å²) >= 11 is 6.01. The lowest BCUT2D eigenvalue weighted by molar-refractivity contribution is 0.159. The summed E-state index contributed by atoms with van der Waals surface area (Å²) in [6, 6.07) is 7.63. The number of hydrogen-bond donors (Lipinski definition) is 1. The third kappa shape index (κ3) is 2.59. The molecule has 0 spiro atoms. The van der Waals surface area contributed by atoms with E-state index in [2.05, 4.69) is 23.7 Å². The van der Waals surface area contributed by atoms with Crippen molar-refractivity contribution in [2.45, 2.75) is 25.4 Å². The van der Waals surface area contributed by atoms with Crippen LogP contribution in [0, 0.1) is 0 Å². The maximum Gasteiger partial charge on any atom is 0.0720 e. The number of aromatic nitrogens is 1. The van der Waals surface area contributed by atoms with Crippen LogP contribution in [0.1, 0.15) is 25.5 Å². The predicted molar refractivity (Wildman–Crippen MR) is 81.4 cm³/mol. The van der Waals surface area contributed by atoms with Gasteiger partial charge >= 0.3 is 0 Å². The second-order valence-corrected chi connectivity index (χ2v) is 6.02. The minimum Gasteiger partial charge on any atom is -0.322 e. The molecule has 0 radical (unpaired) electrons. The second-order valence-electron chi connectivity index (χ2n) is 5.59. The summed E-state index contributed by atoms with van der Waals surface area (Å²) in [5, 5.41) is 1.76. The van der Waals surface area contributed by atoms with Gasteiger partial charge in [0.15, 0.2) is 0 Å². The van der Waals surface area contributed by atoms with Crippen molar-refractivity contribution < 1.29 is 0 Å². The summed E-state index contributed by atoms with van der Waals surface area (Å²) in [7, 11) is 4.08. The molecule has 0 aliphatic rings. The van der Waals surface area contributed by atoms with Crippen molar-refractivity contribution in [3.8, 4) is 0 Å². The molecular formula is C15H20ClN3. The molecule has 0 saturated carbocycles. The zero-order valence-electron chi connectivity index (χ0n) is 11.8. The molecule has 0 fully saturated rings. The largest absolute Gasteiger partial charge is 0.322 e. The van der Waals surface area contributed by atoms with Crippen LogP contribution in [0.15, 0.2) is 30.5 Å². The second kappa shape index (κ2) is 5.08. The molecule has 0 aliphatic heterocycles. The Kier molecular flexibility index (Phi) is 3.81. The van der Waals surface area contributed by atoms with Crippen LogP contribution in [0.4, 0.5) is 0 Å². The third-order valence-corrected chi connectivity index (χ3v) is 4.22. The van der Waals surface area contributed by atoms with E-state index in [4.69, 9.17) is 17.3 Å². The van der Waals surface area contributed by atoms with E-state index in [0.29, 0.717) is 5.02 Å². The Morgan fingerprint density at radius 3 is 2.58 bits per heavy atom. The van der Waals surface area contributed by atoms with E-state index < -0.39 is 0 Å². The van der Waals surface area contributed by atoms with Gasteiger partial charge in [0.1, 0.15) is 0 Å². The first kappa shape index (κ1) is 14.3. The summed E-state index contributed by atoms with van der Waals surface area (Å²) < 4.78 is 0. The van der Waals surface area contributed by atoms with Gasteiger partial charge in [0.2, 0.25) is 0 Å². The molecule has 0 aliphatic carbocycles. The lowest BCUT2D eigenvalue weighted by Gasteiger charge is -2.38. The van der Waals surface area contributed by atoms with E-state index >= 15 is 0 Å². The first-order valence-electron chi connectivity index (χ1n) is 6.31. The highest BCUT2D eigenvalue weighted by atomic mass is 35.5. The third-order valence-electron chi connectivity index (χ3n) is 3.99. The summed E-state index contributed by atoms with van der Waals surface area (Å²) in [6.07, 6.45) is 1.79. The van der Waals surface area contributed by atoms with E-state index in [1.807, 2.05) is 38.4 Å². The fraction of sp³-hybridized carbons (Fsp3) is 0.400. The van der Waals surface area contributed by atoms with E-state index in [9.17, 15) is 0 Å². The summed E-state index contributed by atoms with van der Waals surface area (Å²) in [5.74, 6) is 0. The van der Waals surface area contributed by atoms with Crippen molar-refractivity contribution in [3.05, 3.63) is 41.0 Å². The van der Waals surface area contributed by atoms with Gasteiger partial charge in [-0.15, -0.1) is 0 Å². The molecule has 0 bridgehead atoms. The molecular weight excluding hydrogens is 258 g/mol. The molecule has 1 aromatic heterocycles. The lowest BCUT2D eigenvalue weighted by Crippen LogP contribution is -2.47. The predicted octanol–water partition coefficient (Wildman–Crippen LogP) is 3.23. The average molecular weight is 278 g/mol. The van der Waals surface area contributed by atoms with Gasteiger partial charge < -0.3 is 10.6 Å².